The maximum atomic E-state index is 12.9. The Hall–Kier alpha value is -3.55. The van der Waals surface area contributed by atoms with Crippen LogP contribution in [0.4, 0.5) is 11.6 Å². The lowest BCUT2D eigenvalue weighted by molar-refractivity contribution is 0.0785. The highest BCUT2D eigenvalue weighted by molar-refractivity contribution is 7.13. The number of thiophene rings is 1. The number of nitrogens with one attached hydrogen (secondary N) is 1. The van der Waals surface area contributed by atoms with E-state index in [1.165, 1.54) is 11.3 Å². The molecule has 0 saturated heterocycles. The minimum absolute atomic E-state index is 0.0290. The summed E-state index contributed by atoms with van der Waals surface area (Å²) in [7, 11) is 1.81. The molecule has 1 unspecified atom stereocenters. The van der Waals surface area contributed by atoms with Crippen LogP contribution in [-0.4, -0.2) is 32.9 Å². The summed E-state index contributed by atoms with van der Waals surface area (Å²) in [6.07, 6.45) is 1.14. The minimum atomic E-state index is -0.550. The average Bonchev–Trinajstić information content (AvgIpc) is 3.30. The third-order valence-corrected chi connectivity index (χ3v) is 5.94. The molecule has 162 valence electrons. The van der Waals surface area contributed by atoms with Gasteiger partial charge in [-0.25, -0.2) is 9.97 Å². The number of carbonyl (C=O) groups is 1. The molecule has 1 amide bonds. The van der Waals surface area contributed by atoms with Crippen molar-refractivity contribution in [1.29, 1.82) is 0 Å². The molecule has 2 aromatic carbocycles. The molecule has 4 rings (SSSR count). The van der Waals surface area contributed by atoms with Gasteiger partial charge in [0, 0.05) is 30.9 Å². The second-order valence-corrected chi connectivity index (χ2v) is 8.45. The van der Waals surface area contributed by atoms with Crippen LogP contribution in [0.25, 0.3) is 10.6 Å². The van der Waals surface area contributed by atoms with Crippen LogP contribution in [0.15, 0.2) is 78.3 Å². The Kier molecular flexibility index (Phi) is 6.58. The van der Waals surface area contributed by atoms with E-state index in [1.54, 1.807) is 25.1 Å². The van der Waals surface area contributed by atoms with Gasteiger partial charge in [-0.05, 0) is 42.3 Å². The van der Waals surface area contributed by atoms with Crippen molar-refractivity contribution in [3.8, 4) is 10.6 Å². The van der Waals surface area contributed by atoms with E-state index in [4.69, 9.17) is 0 Å². The highest BCUT2D eigenvalue weighted by Gasteiger charge is 2.15. The van der Waals surface area contributed by atoms with Gasteiger partial charge < -0.3 is 15.3 Å². The first-order valence-corrected chi connectivity index (χ1v) is 11.1. The molecule has 0 saturated carbocycles. The molecule has 4 aromatic rings. The number of nitrogens with zero attached hydrogens (tertiary/aromatic N) is 3. The average molecular weight is 445 g/mol. The van der Waals surface area contributed by atoms with Gasteiger partial charge in [0.2, 0.25) is 5.95 Å². The summed E-state index contributed by atoms with van der Waals surface area (Å²) in [5.74, 6) is 0.423. The van der Waals surface area contributed by atoms with Gasteiger partial charge in [-0.3, -0.25) is 4.79 Å². The van der Waals surface area contributed by atoms with Crippen LogP contribution < -0.4 is 5.32 Å². The van der Waals surface area contributed by atoms with E-state index in [0.29, 0.717) is 18.1 Å². The summed E-state index contributed by atoms with van der Waals surface area (Å²) in [4.78, 5) is 24.4. The van der Waals surface area contributed by atoms with Crippen molar-refractivity contribution >= 4 is 28.9 Å². The number of aliphatic hydroxyl groups excluding tert-OH is 1. The van der Waals surface area contributed by atoms with E-state index >= 15 is 0 Å². The Morgan fingerprint density at radius 1 is 1.12 bits per heavy atom. The number of amides is 1. The van der Waals surface area contributed by atoms with Crippen molar-refractivity contribution in [3.63, 3.8) is 0 Å². The second-order valence-electron chi connectivity index (χ2n) is 7.54. The summed E-state index contributed by atoms with van der Waals surface area (Å²) >= 11 is 1.48. The molecule has 32 heavy (non-hydrogen) atoms. The molecule has 7 heteroatoms. The molecule has 0 aliphatic carbocycles. The number of rotatable bonds is 7. The Labute approximate surface area is 191 Å². The molecule has 1 atom stereocenters. The number of hydrogen-bond donors (Lipinski definition) is 2. The van der Waals surface area contributed by atoms with E-state index < -0.39 is 6.10 Å². The lowest BCUT2D eigenvalue weighted by atomic mass is 10.1. The first kappa shape index (κ1) is 21.7. The molecule has 0 fully saturated rings. The number of hydrogen-bond acceptors (Lipinski definition) is 6. The summed E-state index contributed by atoms with van der Waals surface area (Å²) in [5, 5.41) is 14.8. The molecule has 2 N–H and O–H groups in total. The first-order chi connectivity index (χ1) is 15.5. The van der Waals surface area contributed by atoms with Crippen molar-refractivity contribution in [2.24, 2.45) is 0 Å². The Balaban J connectivity index is 1.48. The highest BCUT2D eigenvalue weighted by Crippen LogP contribution is 2.28. The monoisotopic (exact) mass is 444 g/mol. The Morgan fingerprint density at radius 2 is 1.94 bits per heavy atom. The fourth-order valence-corrected chi connectivity index (χ4v) is 4.15. The van der Waals surface area contributed by atoms with Gasteiger partial charge in [-0.15, -0.1) is 11.3 Å². The third kappa shape index (κ3) is 5.19. The van der Waals surface area contributed by atoms with Gasteiger partial charge in [-0.1, -0.05) is 42.5 Å². The van der Waals surface area contributed by atoms with Crippen molar-refractivity contribution in [1.82, 2.24) is 14.9 Å². The number of anilines is 2. The van der Waals surface area contributed by atoms with E-state index in [9.17, 15) is 9.90 Å². The van der Waals surface area contributed by atoms with Crippen LogP contribution in [0.2, 0.25) is 0 Å². The standard InChI is InChI=1S/C25H24N4O2S/c1-17(30)19-9-6-10-21(13-19)27-25-26-12-11-22(28-25)23-14-20(16-32-23)24(31)29(2)15-18-7-4-3-5-8-18/h3-14,16-17,30H,15H2,1-2H3,(H,26,27,28). The molecule has 0 aliphatic heterocycles. The maximum Gasteiger partial charge on any atom is 0.254 e. The predicted octanol–water partition coefficient (Wildman–Crippen LogP) is 5.27. The van der Waals surface area contributed by atoms with Gasteiger partial charge in [0.15, 0.2) is 0 Å². The van der Waals surface area contributed by atoms with Gasteiger partial charge in [0.25, 0.3) is 5.91 Å². The zero-order chi connectivity index (χ0) is 22.5. The lowest BCUT2D eigenvalue weighted by Gasteiger charge is -2.16. The van der Waals surface area contributed by atoms with Crippen molar-refractivity contribution in [2.75, 3.05) is 12.4 Å². The van der Waals surface area contributed by atoms with Crippen molar-refractivity contribution < 1.29 is 9.90 Å². The third-order valence-electron chi connectivity index (χ3n) is 4.99. The predicted molar refractivity (Wildman–Crippen MR) is 128 cm³/mol. The Morgan fingerprint density at radius 3 is 2.72 bits per heavy atom. The maximum absolute atomic E-state index is 12.9. The van der Waals surface area contributed by atoms with E-state index in [1.807, 2.05) is 72.1 Å². The molecular formula is C25H24N4O2S. The van der Waals surface area contributed by atoms with Gasteiger partial charge >= 0.3 is 0 Å². The topological polar surface area (TPSA) is 78.3 Å². The molecule has 2 heterocycles. The largest absolute Gasteiger partial charge is 0.389 e. The SMILES string of the molecule is CC(O)c1cccc(Nc2nccc(-c3cc(C(=O)N(C)Cc4ccccc4)cs3)n2)c1. The van der Waals surface area contributed by atoms with Crippen LogP contribution in [0, 0.1) is 0 Å². The van der Waals surface area contributed by atoms with E-state index in [-0.39, 0.29) is 5.91 Å². The zero-order valence-corrected chi connectivity index (χ0v) is 18.7. The fraction of sp³-hybridized carbons (Fsp3) is 0.160. The summed E-state index contributed by atoms with van der Waals surface area (Å²) in [6.45, 7) is 2.28. The summed E-state index contributed by atoms with van der Waals surface area (Å²) in [5.41, 5.74) is 4.08. The lowest BCUT2D eigenvalue weighted by Crippen LogP contribution is -2.25. The summed E-state index contributed by atoms with van der Waals surface area (Å²) < 4.78 is 0. The van der Waals surface area contributed by atoms with Crippen molar-refractivity contribution in [2.45, 2.75) is 19.6 Å². The number of carbonyl (C=O) groups excluding carboxylic acids is 1. The Bertz CT molecular complexity index is 1210. The normalized spacial score (nSPS) is 11.7. The first-order valence-electron chi connectivity index (χ1n) is 10.3. The van der Waals surface area contributed by atoms with Crippen molar-refractivity contribution in [3.05, 3.63) is 95.0 Å². The van der Waals surface area contributed by atoms with Crippen LogP contribution in [0.3, 0.4) is 0 Å². The molecule has 0 bridgehead atoms. The van der Waals surface area contributed by atoms with Crippen LogP contribution in [-0.2, 0) is 6.54 Å². The number of aliphatic hydroxyl groups is 1. The smallest absolute Gasteiger partial charge is 0.254 e. The van der Waals surface area contributed by atoms with Crippen LogP contribution >= 0.6 is 11.3 Å². The molecular weight excluding hydrogens is 420 g/mol. The molecule has 0 aliphatic rings. The quantitative estimate of drug-likeness (QED) is 0.406. The van der Waals surface area contributed by atoms with E-state index in [2.05, 4.69) is 15.3 Å². The van der Waals surface area contributed by atoms with Gasteiger partial charge in [0.05, 0.1) is 22.2 Å². The molecule has 6 nitrogen and oxygen atoms in total. The number of aromatic nitrogens is 2. The number of benzene rings is 2. The molecule has 0 spiro atoms. The van der Waals surface area contributed by atoms with Gasteiger partial charge in [0.1, 0.15) is 0 Å². The van der Waals surface area contributed by atoms with Gasteiger partial charge in [-0.2, -0.15) is 0 Å². The fourth-order valence-electron chi connectivity index (χ4n) is 3.29. The zero-order valence-electron chi connectivity index (χ0n) is 17.9. The minimum Gasteiger partial charge on any atom is -0.389 e. The highest BCUT2D eigenvalue weighted by atomic mass is 32.1. The second kappa shape index (κ2) is 9.72. The summed E-state index contributed by atoms with van der Waals surface area (Å²) in [6, 6.07) is 21.1. The van der Waals surface area contributed by atoms with Crippen LogP contribution in [0.5, 0.6) is 0 Å². The van der Waals surface area contributed by atoms with E-state index in [0.717, 1.165) is 27.4 Å². The van der Waals surface area contributed by atoms with Crippen LogP contribution in [0.1, 0.15) is 34.5 Å². The molecule has 0 radical (unpaired) electrons. The molecule has 2 aromatic heterocycles.